The van der Waals surface area contributed by atoms with Crippen LogP contribution in [0.5, 0.6) is 0 Å². The summed E-state index contributed by atoms with van der Waals surface area (Å²) >= 11 is 0. The molecule has 0 saturated heterocycles. The summed E-state index contributed by atoms with van der Waals surface area (Å²) in [4.78, 5) is 0. The minimum Gasteiger partial charge on any atom is -0.743 e. The average molecular weight is 289 g/mol. The molecular formula is C10H13F4O3S-. The summed E-state index contributed by atoms with van der Waals surface area (Å²) in [6.07, 6.45) is 0.861. The molecule has 2 fully saturated rings. The zero-order valence-corrected chi connectivity index (χ0v) is 10.4. The van der Waals surface area contributed by atoms with Gasteiger partial charge in [-0.25, -0.2) is 8.42 Å². The van der Waals surface area contributed by atoms with Crippen LogP contribution in [0.15, 0.2) is 0 Å². The lowest BCUT2D eigenvalue weighted by molar-refractivity contribution is -0.197. The quantitative estimate of drug-likeness (QED) is 0.590. The molecule has 106 valence electrons. The first-order chi connectivity index (χ1) is 8.05. The summed E-state index contributed by atoms with van der Waals surface area (Å²) in [5.74, 6) is -7.11. The number of hydrogen-bond acceptors (Lipinski definition) is 3. The normalized spacial score (nSPS) is 36.6. The molecule has 4 unspecified atom stereocenters. The minimum atomic E-state index is -6.36. The zero-order valence-electron chi connectivity index (χ0n) is 9.58. The highest BCUT2D eigenvalue weighted by Gasteiger charge is 2.72. The van der Waals surface area contributed by atoms with Crippen LogP contribution in [-0.4, -0.2) is 24.1 Å². The predicted octanol–water partition coefficient (Wildman–Crippen LogP) is 2.44. The number of alkyl halides is 4. The van der Waals surface area contributed by atoms with Crippen molar-refractivity contribution in [3.63, 3.8) is 0 Å². The molecule has 0 aromatic rings. The van der Waals surface area contributed by atoms with E-state index in [1.54, 1.807) is 6.92 Å². The Balaban J connectivity index is 2.27. The summed E-state index contributed by atoms with van der Waals surface area (Å²) < 4.78 is 84.6. The second-order valence-corrected chi connectivity index (χ2v) is 6.51. The molecule has 0 aliphatic heterocycles. The second-order valence-electron chi connectivity index (χ2n) is 5.09. The number of hydrogen-bond donors (Lipinski definition) is 0. The summed E-state index contributed by atoms with van der Waals surface area (Å²) in [7, 11) is -6.36. The molecule has 0 bridgehead atoms. The molecule has 0 spiro atoms. The van der Waals surface area contributed by atoms with Crippen molar-refractivity contribution in [1.29, 1.82) is 0 Å². The van der Waals surface area contributed by atoms with Crippen molar-refractivity contribution < 1.29 is 30.5 Å². The van der Waals surface area contributed by atoms with Crippen molar-refractivity contribution in [1.82, 2.24) is 0 Å². The van der Waals surface area contributed by atoms with Gasteiger partial charge in [0.1, 0.15) is 0 Å². The SMILES string of the molecule is CCC1C2CCC(C(F)(F)C(F)(F)S(=O)(=O)[O-])C12. The topological polar surface area (TPSA) is 57.2 Å². The first-order valence-electron chi connectivity index (χ1n) is 5.76. The Morgan fingerprint density at radius 1 is 1.22 bits per heavy atom. The summed E-state index contributed by atoms with van der Waals surface area (Å²) in [6.45, 7) is 1.78. The Morgan fingerprint density at radius 2 is 1.78 bits per heavy atom. The van der Waals surface area contributed by atoms with E-state index in [1.807, 2.05) is 0 Å². The molecule has 0 aromatic heterocycles. The van der Waals surface area contributed by atoms with Gasteiger partial charge in [-0.2, -0.15) is 17.6 Å². The van der Waals surface area contributed by atoms with Crippen LogP contribution in [0.1, 0.15) is 26.2 Å². The molecule has 2 aliphatic rings. The molecule has 18 heavy (non-hydrogen) atoms. The maximum Gasteiger partial charge on any atom is 0.396 e. The van der Waals surface area contributed by atoms with Gasteiger partial charge in [0, 0.05) is 5.92 Å². The van der Waals surface area contributed by atoms with E-state index in [0.717, 1.165) is 0 Å². The Kier molecular flexibility index (Phi) is 2.98. The van der Waals surface area contributed by atoms with E-state index in [1.165, 1.54) is 0 Å². The van der Waals surface area contributed by atoms with Crippen molar-refractivity contribution in [3.8, 4) is 0 Å². The van der Waals surface area contributed by atoms with Crippen LogP contribution < -0.4 is 0 Å². The second kappa shape index (κ2) is 3.82. The molecule has 2 rings (SSSR count). The number of fused-ring (bicyclic) bond motifs is 1. The third-order valence-electron chi connectivity index (χ3n) is 4.31. The summed E-state index contributed by atoms with van der Waals surface area (Å²) in [5, 5.41) is -5.53. The van der Waals surface area contributed by atoms with E-state index in [0.29, 0.717) is 12.8 Å². The Bertz CT molecular complexity index is 444. The molecule has 3 nitrogen and oxygen atoms in total. The fourth-order valence-electron chi connectivity index (χ4n) is 3.42. The fourth-order valence-corrected chi connectivity index (χ4v) is 3.91. The highest BCUT2D eigenvalue weighted by Crippen LogP contribution is 2.67. The van der Waals surface area contributed by atoms with Crippen molar-refractivity contribution in [2.75, 3.05) is 0 Å². The van der Waals surface area contributed by atoms with Gasteiger partial charge >= 0.3 is 11.2 Å². The van der Waals surface area contributed by atoms with Crippen molar-refractivity contribution in [3.05, 3.63) is 0 Å². The monoisotopic (exact) mass is 289 g/mol. The van der Waals surface area contributed by atoms with E-state index in [2.05, 4.69) is 0 Å². The van der Waals surface area contributed by atoms with Gasteiger partial charge in [-0.05, 0) is 30.6 Å². The van der Waals surface area contributed by atoms with Crippen LogP contribution in [-0.2, 0) is 10.1 Å². The van der Waals surface area contributed by atoms with Gasteiger partial charge in [0.05, 0.1) is 0 Å². The van der Waals surface area contributed by atoms with Crippen LogP contribution >= 0.6 is 0 Å². The van der Waals surface area contributed by atoms with Gasteiger partial charge < -0.3 is 4.55 Å². The standard InChI is InChI=1S/C10H14F4O3S/c1-2-5-6-3-4-7(8(5)6)9(11,12)10(13,14)18(15,16)17/h5-8H,2-4H2,1H3,(H,15,16,17)/p-1. The molecule has 0 heterocycles. The number of rotatable bonds is 4. The molecule has 0 N–H and O–H groups in total. The van der Waals surface area contributed by atoms with Crippen molar-refractivity contribution in [2.24, 2.45) is 23.7 Å². The van der Waals surface area contributed by atoms with E-state index in [-0.39, 0.29) is 18.3 Å². The highest BCUT2D eigenvalue weighted by atomic mass is 32.2. The molecule has 8 heteroatoms. The van der Waals surface area contributed by atoms with Crippen molar-refractivity contribution in [2.45, 2.75) is 37.4 Å². The van der Waals surface area contributed by atoms with Crippen LogP contribution in [0.3, 0.4) is 0 Å². The molecule has 0 radical (unpaired) electrons. The first kappa shape index (κ1) is 14.0. The average Bonchev–Trinajstić information content (AvgIpc) is 2.72. The number of halogens is 4. The lowest BCUT2D eigenvalue weighted by atomic mass is 9.92. The molecular weight excluding hydrogens is 276 g/mol. The minimum absolute atomic E-state index is 0.0176. The van der Waals surface area contributed by atoms with Crippen LogP contribution in [0, 0.1) is 23.7 Å². The molecule has 4 atom stereocenters. The predicted molar refractivity (Wildman–Crippen MR) is 53.1 cm³/mol. The molecule has 0 amide bonds. The fraction of sp³-hybridized carbons (Fsp3) is 1.00. The van der Waals surface area contributed by atoms with Crippen LogP contribution in [0.2, 0.25) is 0 Å². The lowest BCUT2D eigenvalue weighted by Crippen LogP contribution is -2.51. The van der Waals surface area contributed by atoms with Gasteiger partial charge in [0.15, 0.2) is 10.1 Å². The van der Waals surface area contributed by atoms with Gasteiger partial charge in [0.25, 0.3) is 0 Å². The van der Waals surface area contributed by atoms with E-state index in [9.17, 15) is 30.5 Å². The van der Waals surface area contributed by atoms with Crippen LogP contribution in [0.4, 0.5) is 17.6 Å². The summed E-state index contributed by atoms with van der Waals surface area (Å²) in [6, 6.07) is 0. The third kappa shape index (κ3) is 1.68. The van der Waals surface area contributed by atoms with Gasteiger partial charge in [-0.3, -0.25) is 0 Å². The zero-order chi connectivity index (χ0) is 13.9. The van der Waals surface area contributed by atoms with Gasteiger partial charge in [-0.15, -0.1) is 0 Å². The largest absolute Gasteiger partial charge is 0.743 e. The summed E-state index contributed by atoms with van der Waals surface area (Å²) in [5.41, 5.74) is 0. The molecule has 2 saturated carbocycles. The first-order valence-corrected chi connectivity index (χ1v) is 7.17. The van der Waals surface area contributed by atoms with Gasteiger partial charge in [-0.1, -0.05) is 13.3 Å². The van der Waals surface area contributed by atoms with E-state index >= 15 is 0 Å². The Morgan fingerprint density at radius 3 is 2.17 bits per heavy atom. The van der Waals surface area contributed by atoms with E-state index < -0.39 is 33.1 Å². The van der Waals surface area contributed by atoms with Crippen LogP contribution in [0.25, 0.3) is 0 Å². The smallest absolute Gasteiger partial charge is 0.396 e. The Labute approximate surface area is 102 Å². The van der Waals surface area contributed by atoms with Crippen molar-refractivity contribution >= 4 is 10.1 Å². The maximum atomic E-state index is 13.7. The lowest BCUT2D eigenvalue weighted by Gasteiger charge is -2.33. The Hall–Kier alpha value is -0.370. The highest BCUT2D eigenvalue weighted by molar-refractivity contribution is 7.86. The molecule has 2 aliphatic carbocycles. The van der Waals surface area contributed by atoms with E-state index in [4.69, 9.17) is 0 Å². The third-order valence-corrected chi connectivity index (χ3v) is 5.21. The molecule has 0 aromatic carbocycles. The van der Waals surface area contributed by atoms with Gasteiger partial charge in [0.2, 0.25) is 0 Å². The maximum absolute atomic E-state index is 13.7.